The summed E-state index contributed by atoms with van der Waals surface area (Å²) in [5.74, 6) is 0.0998. The molecule has 4 heteroatoms. The van der Waals surface area contributed by atoms with Gasteiger partial charge in [-0.3, -0.25) is 4.79 Å². The van der Waals surface area contributed by atoms with Crippen LogP contribution >= 0.6 is 0 Å². The molecule has 0 rings (SSSR count). The fourth-order valence-corrected chi connectivity index (χ4v) is 0.938. The molecule has 0 aromatic carbocycles. The number of rotatable bonds is 6. The Morgan fingerprint density at radius 1 is 1.50 bits per heavy atom. The van der Waals surface area contributed by atoms with Gasteiger partial charge in [0.05, 0.1) is 7.11 Å². The molecule has 0 saturated carbocycles. The normalized spacial score (nSPS) is 15.3. The molecule has 0 bridgehead atoms. The summed E-state index contributed by atoms with van der Waals surface area (Å²) in [5.41, 5.74) is 4.79. The maximum Gasteiger partial charge on any atom is 0.325 e. The van der Waals surface area contributed by atoms with E-state index >= 15 is 0 Å². The predicted molar refractivity (Wildman–Crippen MR) is 54.9 cm³/mol. The number of carbonyl (C=O) groups excluding carboxylic acids is 1. The Labute approximate surface area is 85.8 Å². The Balaban J connectivity index is 3.71. The van der Waals surface area contributed by atoms with Gasteiger partial charge in [0.15, 0.2) is 0 Å². The van der Waals surface area contributed by atoms with E-state index < -0.39 is 11.5 Å². The summed E-state index contributed by atoms with van der Waals surface area (Å²) < 4.78 is 9.91. The monoisotopic (exact) mass is 203 g/mol. The summed E-state index contributed by atoms with van der Waals surface area (Å²) in [5, 5.41) is 0. The van der Waals surface area contributed by atoms with Crippen LogP contribution in [-0.2, 0) is 14.3 Å². The van der Waals surface area contributed by atoms with Gasteiger partial charge in [0.2, 0.25) is 0 Å². The van der Waals surface area contributed by atoms with Crippen molar-refractivity contribution in [1.82, 2.24) is 0 Å². The second-order valence-corrected chi connectivity index (χ2v) is 4.13. The van der Waals surface area contributed by atoms with E-state index in [1.165, 1.54) is 7.11 Å². The van der Waals surface area contributed by atoms with Gasteiger partial charge in [-0.25, -0.2) is 0 Å². The van der Waals surface area contributed by atoms with E-state index in [-0.39, 0.29) is 0 Å². The average molecular weight is 203 g/mol. The van der Waals surface area contributed by atoms with Crippen LogP contribution in [0.25, 0.3) is 0 Å². The van der Waals surface area contributed by atoms with Crippen molar-refractivity contribution in [3.05, 3.63) is 0 Å². The SMILES string of the molecule is COC(=O)C(C)(N)CCOCC(C)C. The minimum atomic E-state index is -0.939. The molecular formula is C10H21NO3. The van der Waals surface area contributed by atoms with Gasteiger partial charge in [0.1, 0.15) is 5.54 Å². The first-order valence-electron chi connectivity index (χ1n) is 4.85. The zero-order valence-electron chi connectivity index (χ0n) is 9.50. The van der Waals surface area contributed by atoms with Gasteiger partial charge in [-0.2, -0.15) is 0 Å². The van der Waals surface area contributed by atoms with Crippen molar-refractivity contribution in [3.8, 4) is 0 Å². The Hall–Kier alpha value is -0.610. The van der Waals surface area contributed by atoms with Crippen LogP contribution in [0.2, 0.25) is 0 Å². The number of nitrogens with two attached hydrogens (primary N) is 1. The van der Waals surface area contributed by atoms with Crippen LogP contribution in [0.3, 0.4) is 0 Å². The molecule has 2 N–H and O–H groups in total. The summed E-state index contributed by atoms with van der Waals surface area (Å²) in [4.78, 5) is 11.2. The molecule has 14 heavy (non-hydrogen) atoms. The third kappa shape index (κ3) is 5.19. The lowest BCUT2D eigenvalue weighted by molar-refractivity contribution is -0.147. The average Bonchev–Trinajstić information content (AvgIpc) is 2.10. The number of hydrogen-bond donors (Lipinski definition) is 1. The first kappa shape index (κ1) is 13.4. The van der Waals surface area contributed by atoms with Gasteiger partial charge in [-0.1, -0.05) is 13.8 Å². The molecule has 0 amide bonds. The van der Waals surface area contributed by atoms with Gasteiger partial charge in [0, 0.05) is 13.2 Å². The topological polar surface area (TPSA) is 61.5 Å². The molecule has 0 radical (unpaired) electrons. The highest BCUT2D eigenvalue weighted by atomic mass is 16.5. The van der Waals surface area contributed by atoms with E-state index in [2.05, 4.69) is 18.6 Å². The van der Waals surface area contributed by atoms with Crippen molar-refractivity contribution in [3.63, 3.8) is 0 Å². The Kier molecular flexibility index (Phi) is 5.72. The number of carbonyl (C=O) groups is 1. The van der Waals surface area contributed by atoms with Crippen LogP contribution in [0.5, 0.6) is 0 Å². The van der Waals surface area contributed by atoms with E-state index in [0.717, 1.165) is 0 Å². The lowest BCUT2D eigenvalue weighted by Crippen LogP contribution is -2.46. The Bertz CT molecular complexity index is 178. The number of hydrogen-bond acceptors (Lipinski definition) is 4. The highest BCUT2D eigenvalue weighted by Gasteiger charge is 2.28. The highest BCUT2D eigenvalue weighted by molar-refractivity contribution is 5.79. The van der Waals surface area contributed by atoms with E-state index in [1.54, 1.807) is 6.92 Å². The second kappa shape index (κ2) is 5.98. The van der Waals surface area contributed by atoms with Crippen LogP contribution in [-0.4, -0.2) is 31.8 Å². The fourth-order valence-electron chi connectivity index (χ4n) is 0.938. The molecule has 0 spiro atoms. The van der Waals surface area contributed by atoms with E-state index in [0.29, 0.717) is 25.6 Å². The predicted octanol–water partition coefficient (Wildman–Crippen LogP) is 0.939. The van der Waals surface area contributed by atoms with Crippen molar-refractivity contribution in [2.24, 2.45) is 11.7 Å². The van der Waals surface area contributed by atoms with Crippen molar-refractivity contribution >= 4 is 5.97 Å². The van der Waals surface area contributed by atoms with E-state index in [4.69, 9.17) is 10.5 Å². The smallest absolute Gasteiger partial charge is 0.325 e. The molecule has 84 valence electrons. The van der Waals surface area contributed by atoms with Crippen LogP contribution in [0.1, 0.15) is 27.2 Å². The highest BCUT2D eigenvalue weighted by Crippen LogP contribution is 2.08. The summed E-state index contributed by atoms with van der Waals surface area (Å²) >= 11 is 0. The molecule has 0 aromatic heterocycles. The van der Waals surface area contributed by atoms with Crippen molar-refractivity contribution < 1.29 is 14.3 Å². The fraction of sp³-hybridized carbons (Fsp3) is 0.900. The first-order valence-corrected chi connectivity index (χ1v) is 4.85. The van der Waals surface area contributed by atoms with Gasteiger partial charge in [-0.05, 0) is 19.3 Å². The largest absolute Gasteiger partial charge is 0.468 e. The molecule has 1 unspecified atom stereocenters. The Morgan fingerprint density at radius 3 is 2.50 bits per heavy atom. The van der Waals surface area contributed by atoms with E-state index in [9.17, 15) is 4.79 Å². The Morgan fingerprint density at radius 2 is 2.07 bits per heavy atom. The molecule has 0 aliphatic heterocycles. The third-order valence-electron chi connectivity index (χ3n) is 1.87. The van der Waals surface area contributed by atoms with Gasteiger partial charge >= 0.3 is 5.97 Å². The number of methoxy groups -OCH3 is 1. The molecule has 0 heterocycles. The molecule has 0 fully saturated rings. The minimum Gasteiger partial charge on any atom is -0.468 e. The zero-order valence-corrected chi connectivity index (χ0v) is 9.50. The van der Waals surface area contributed by atoms with E-state index in [1.807, 2.05) is 0 Å². The van der Waals surface area contributed by atoms with Crippen molar-refractivity contribution in [2.75, 3.05) is 20.3 Å². The van der Waals surface area contributed by atoms with Gasteiger partial charge in [-0.15, -0.1) is 0 Å². The summed E-state index contributed by atoms with van der Waals surface area (Å²) in [6, 6.07) is 0. The van der Waals surface area contributed by atoms with Crippen molar-refractivity contribution in [2.45, 2.75) is 32.7 Å². The molecule has 0 aromatic rings. The lowest BCUT2D eigenvalue weighted by atomic mass is 10.0. The van der Waals surface area contributed by atoms with Gasteiger partial charge in [0.25, 0.3) is 0 Å². The second-order valence-electron chi connectivity index (χ2n) is 4.13. The maximum absolute atomic E-state index is 11.2. The quantitative estimate of drug-likeness (QED) is 0.515. The standard InChI is InChI=1S/C10H21NO3/c1-8(2)7-14-6-5-10(3,11)9(12)13-4/h8H,5-7,11H2,1-4H3. The van der Waals surface area contributed by atoms with Crippen LogP contribution in [0, 0.1) is 5.92 Å². The number of esters is 1. The molecule has 1 atom stereocenters. The van der Waals surface area contributed by atoms with Crippen LogP contribution in [0.15, 0.2) is 0 Å². The lowest BCUT2D eigenvalue weighted by Gasteiger charge is -2.21. The summed E-state index contributed by atoms with van der Waals surface area (Å²) in [7, 11) is 1.34. The first-order chi connectivity index (χ1) is 6.40. The van der Waals surface area contributed by atoms with Crippen molar-refractivity contribution in [1.29, 1.82) is 0 Å². The van der Waals surface area contributed by atoms with Gasteiger partial charge < -0.3 is 15.2 Å². The number of ether oxygens (including phenoxy) is 2. The summed E-state index contributed by atoms with van der Waals surface area (Å²) in [6.07, 6.45) is 0.479. The molecule has 0 saturated heterocycles. The van der Waals surface area contributed by atoms with Crippen LogP contribution < -0.4 is 5.73 Å². The summed E-state index contributed by atoms with van der Waals surface area (Å²) in [6.45, 7) is 6.97. The van der Waals surface area contributed by atoms with Crippen LogP contribution in [0.4, 0.5) is 0 Å². The minimum absolute atomic E-state index is 0.398. The molecular weight excluding hydrogens is 182 g/mol. The third-order valence-corrected chi connectivity index (χ3v) is 1.87. The zero-order chi connectivity index (χ0) is 11.2. The maximum atomic E-state index is 11.2. The molecule has 0 aliphatic carbocycles. The molecule has 4 nitrogen and oxygen atoms in total. The molecule has 0 aliphatic rings.